The van der Waals surface area contributed by atoms with Crippen molar-refractivity contribution < 1.29 is 9.94 Å². The molecule has 0 atom stereocenters. The predicted octanol–water partition coefficient (Wildman–Crippen LogP) is 1.69. The van der Waals surface area contributed by atoms with Crippen molar-refractivity contribution in [2.45, 2.75) is 10.1 Å². The van der Waals surface area contributed by atoms with Crippen LogP contribution in [0.4, 0.5) is 0 Å². The van der Waals surface area contributed by atoms with E-state index in [0.29, 0.717) is 5.16 Å². The molecule has 0 saturated carbocycles. The summed E-state index contributed by atoms with van der Waals surface area (Å²) in [4.78, 5) is 4.02. The van der Waals surface area contributed by atoms with Crippen LogP contribution in [0.3, 0.4) is 0 Å². The molecular weight excluding hydrogens is 184 g/mol. The van der Waals surface area contributed by atoms with E-state index < -0.39 is 0 Å². The Kier molecular flexibility index (Phi) is 2.23. The second-order valence-corrected chi connectivity index (χ2v) is 3.59. The number of imidazole rings is 1. The molecule has 0 aliphatic rings. The van der Waals surface area contributed by atoms with Crippen molar-refractivity contribution in [2.24, 2.45) is 0 Å². The normalized spacial score (nSPS) is 10.2. The van der Waals surface area contributed by atoms with Gasteiger partial charge in [0.25, 0.3) is 0 Å². The number of hydrogen-bond acceptors (Lipinski definition) is 2. The number of nitrogens with zero attached hydrogens (tertiary/aromatic N) is 1. The number of H-pyrrole nitrogens is 1. The minimum absolute atomic E-state index is 0.700. The summed E-state index contributed by atoms with van der Waals surface area (Å²) >= 11 is 1.48. The highest BCUT2D eigenvalue weighted by atomic mass is 32.2. The van der Waals surface area contributed by atoms with E-state index in [1.54, 1.807) is 12.4 Å². The molecule has 2 N–H and O–H groups in total. The summed E-state index contributed by atoms with van der Waals surface area (Å²) in [6, 6.07) is 9.88. The van der Waals surface area contributed by atoms with Crippen LogP contribution in [0, 0.1) is 0 Å². The van der Waals surface area contributed by atoms with Gasteiger partial charge in [0.1, 0.15) is 6.20 Å². The third-order valence-corrected chi connectivity index (χ3v) is 2.59. The Balaban J connectivity index is 2.20. The Morgan fingerprint density at radius 3 is 2.62 bits per heavy atom. The van der Waals surface area contributed by atoms with Crippen LogP contribution in [-0.2, 0) is 0 Å². The summed E-state index contributed by atoms with van der Waals surface area (Å²) in [5.41, 5.74) is 0. The Labute approximate surface area is 80.0 Å². The summed E-state index contributed by atoms with van der Waals surface area (Å²) in [5.74, 6) is 0. The molecule has 13 heavy (non-hydrogen) atoms. The highest BCUT2D eigenvalue weighted by molar-refractivity contribution is 7.99. The molecule has 66 valence electrons. The van der Waals surface area contributed by atoms with Crippen molar-refractivity contribution in [1.29, 1.82) is 0 Å². The molecule has 1 aromatic carbocycles. The lowest BCUT2D eigenvalue weighted by Crippen LogP contribution is -2.29. The molecule has 1 heterocycles. The lowest BCUT2D eigenvalue weighted by molar-refractivity contribution is -0.931. The molecule has 0 amide bonds. The van der Waals surface area contributed by atoms with Crippen LogP contribution in [0.1, 0.15) is 0 Å². The first kappa shape index (κ1) is 8.19. The molecular formula is C9H9N2OS+. The van der Waals surface area contributed by atoms with E-state index in [-0.39, 0.29) is 0 Å². The number of benzene rings is 1. The minimum Gasteiger partial charge on any atom is -0.349 e. The fraction of sp³-hybridized carbons (Fsp3) is 0. The third kappa shape index (κ3) is 1.84. The molecule has 2 aromatic rings. The lowest BCUT2D eigenvalue weighted by Gasteiger charge is -1.93. The van der Waals surface area contributed by atoms with Gasteiger partial charge in [-0.1, -0.05) is 18.2 Å². The van der Waals surface area contributed by atoms with Gasteiger partial charge in [-0.2, -0.15) is 0 Å². The molecule has 1 aromatic heterocycles. The van der Waals surface area contributed by atoms with Gasteiger partial charge in [0.15, 0.2) is 6.20 Å². The number of aromatic amines is 1. The first-order valence-electron chi connectivity index (χ1n) is 3.87. The maximum Gasteiger partial charge on any atom is 0.359 e. The molecule has 0 saturated heterocycles. The monoisotopic (exact) mass is 193 g/mol. The van der Waals surface area contributed by atoms with Gasteiger partial charge in [-0.25, -0.2) is 4.98 Å². The Morgan fingerprint density at radius 2 is 2.00 bits per heavy atom. The van der Waals surface area contributed by atoms with Crippen molar-refractivity contribution in [3.63, 3.8) is 0 Å². The van der Waals surface area contributed by atoms with E-state index >= 15 is 0 Å². The quantitative estimate of drug-likeness (QED) is 0.563. The van der Waals surface area contributed by atoms with E-state index in [9.17, 15) is 5.21 Å². The van der Waals surface area contributed by atoms with Crippen molar-refractivity contribution in [1.82, 2.24) is 4.98 Å². The van der Waals surface area contributed by atoms with Crippen LogP contribution < -0.4 is 4.73 Å². The van der Waals surface area contributed by atoms with Gasteiger partial charge >= 0.3 is 5.16 Å². The van der Waals surface area contributed by atoms with Crippen LogP contribution in [0.5, 0.6) is 0 Å². The van der Waals surface area contributed by atoms with E-state index in [2.05, 4.69) is 4.98 Å². The molecule has 3 nitrogen and oxygen atoms in total. The number of rotatable bonds is 2. The van der Waals surface area contributed by atoms with Crippen LogP contribution in [-0.4, -0.2) is 10.2 Å². The van der Waals surface area contributed by atoms with Gasteiger partial charge in [0.05, 0.1) is 0 Å². The largest absolute Gasteiger partial charge is 0.359 e. The highest BCUT2D eigenvalue weighted by Gasteiger charge is 2.10. The minimum atomic E-state index is 0.700. The topological polar surface area (TPSA) is 39.9 Å². The fourth-order valence-electron chi connectivity index (χ4n) is 0.989. The zero-order valence-corrected chi connectivity index (χ0v) is 7.66. The molecule has 0 bridgehead atoms. The van der Waals surface area contributed by atoms with Crippen molar-refractivity contribution >= 4 is 11.8 Å². The van der Waals surface area contributed by atoms with Gasteiger partial charge in [0.2, 0.25) is 0 Å². The van der Waals surface area contributed by atoms with Gasteiger partial charge < -0.3 is 5.21 Å². The van der Waals surface area contributed by atoms with Gasteiger partial charge in [-0.15, -0.1) is 0 Å². The first-order valence-corrected chi connectivity index (χ1v) is 4.69. The van der Waals surface area contributed by atoms with Gasteiger partial charge in [-0.05, 0) is 16.9 Å². The predicted molar refractivity (Wildman–Crippen MR) is 48.7 cm³/mol. The standard InChI is InChI=1S/C9H8N2OS/c12-11-7-6-10-9(11)13-8-4-2-1-3-5-8/h1-7,12H/p+1. The molecule has 0 spiro atoms. The molecule has 0 radical (unpaired) electrons. The average molecular weight is 193 g/mol. The van der Waals surface area contributed by atoms with E-state index in [4.69, 9.17) is 0 Å². The smallest absolute Gasteiger partial charge is 0.349 e. The Bertz CT molecular complexity index is 386. The molecule has 0 fully saturated rings. The molecule has 0 unspecified atom stereocenters. The highest BCUT2D eigenvalue weighted by Crippen LogP contribution is 2.22. The number of hydrogen-bond donors (Lipinski definition) is 2. The summed E-state index contributed by atoms with van der Waals surface area (Å²) in [5, 5.41) is 9.98. The van der Waals surface area contributed by atoms with Crippen LogP contribution in [0.15, 0.2) is 52.8 Å². The van der Waals surface area contributed by atoms with E-state index in [0.717, 1.165) is 9.63 Å². The molecule has 0 aliphatic heterocycles. The third-order valence-electron chi connectivity index (χ3n) is 1.59. The van der Waals surface area contributed by atoms with Gasteiger partial charge in [0, 0.05) is 16.7 Å². The number of aromatic nitrogens is 2. The Morgan fingerprint density at radius 1 is 1.23 bits per heavy atom. The van der Waals surface area contributed by atoms with Crippen molar-refractivity contribution in [2.75, 3.05) is 0 Å². The van der Waals surface area contributed by atoms with Crippen molar-refractivity contribution in [3.8, 4) is 0 Å². The maximum absolute atomic E-state index is 9.28. The van der Waals surface area contributed by atoms with E-state index in [1.807, 2.05) is 30.3 Å². The first-order chi connectivity index (χ1) is 6.36. The molecule has 4 heteroatoms. The van der Waals surface area contributed by atoms with Crippen LogP contribution in [0.2, 0.25) is 0 Å². The summed E-state index contributed by atoms with van der Waals surface area (Å²) in [6.07, 6.45) is 3.25. The van der Waals surface area contributed by atoms with Crippen molar-refractivity contribution in [3.05, 3.63) is 42.7 Å². The zero-order chi connectivity index (χ0) is 9.10. The second-order valence-electron chi connectivity index (χ2n) is 2.52. The zero-order valence-electron chi connectivity index (χ0n) is 6.84. The molecule has 0 aliphatic carbocycles. The van der Waals surface area contributed by atoms with Crippen LogP contribution >= 0.6 is 11.8 Å². The Hall–Kier alpha value is -1.42. The SMILES string of the molecule is O[n+]1cc[nH]c1Sc1ccccc1. The summed E-state index contributed by atoms with van der Waals surface area (Å²) in [6.45, 7) is 0. The number of nitrogens with one attached hydrogen (secondary N) is 1. The maximum atomic E-state index is 9.28. The molecule has 2 rings (SSSR count). The fourth-order valence-corrected chi connectivity index (χ4v) is 1.79. The average Bonchev–Trinajstić information content (AvgIpc) is 2.54. The summed E-state index contributed by atoms with van der Waals surface area (Å²) < 4.78 is 1.07. The second kappa shape index (κ2) is 3.53. The summed E-state index contributed by atoms with van der Waals surface area (Å²) in [7, 11) is 0. The lowest BCUT2D eigenvalue weighted by atomic mass is 10.4. The van der Waals surface area contributed by atoms with Crippen LogP contribution in [0.25, 0.3) is 0 Å². The van der Waals surface area contributed by atoms with E-state index in [1.165, 1.54) is 11.8 Å². The van der Waals surface area contributed by atoms with Gasteiger partial charge in [-0.3, -0.25) is 0 Å².